The van der Waals surface area contributed by atoms with Crippen molar-refractivity contribution in [3.05, 3.63) is 57.2 Å². The van der Waals surface area contributed by atoms with Gasteiger partial charge in [-0.15, -0.1) is 0 Å². The zero-order valence-electron chi connectivity index (χ0n) is 11.0. The van der Waals surface area contributed by atoms with Gasteiger partial charge < -0.3 is 10.1 Å². The second-order valence-electron chi connectivity index (χ2n) is 4.33. The Balaban J connectivity index is 2.11. The summed E-state index contributed by atoms with van der Waals surface area (Å²) >= 11 is 0.795. The van der Waals surface area contributed by atoms with E-state index in [0.29, 0.717) is 5.52 Å². The number of imidazole rings is 1. The third-order valence-corrected chi connectivity index (χ3v) is 4.02. The molecule has 0 radical (unpaired) electrons. The number of aliphatic hydroxyl groups excluding tert-OH is 1. The summed E-state index contributed by atoms with van der Waals surface area (Å²) in [5.41, 5.74) is 1.33. The van der Waals surface area contributed by atoms with Crippen LogP contribution in [0.2, 0.25) is 0 Å². The number of nitriles is 1. The van der Waals surface area contributed by atoms with Crippen molar-refractivity contribution in [3.63, 3.8) is 0 Å². The maximum atomic E-state index is 10.7. The SMILES string of the molecule is N#CC(=C(O)c1ccc([N+](=O)[O-])s1)c1nc2ccccc2[nH]1. The van der Waals surface area contributed by atoms with Crippen LogP contribution in [0, 0.1) is 21.4 Å². The van der Waals surface area contributed by atoms with Crippen molar-refractivity contribution in [1.29, 1.82) is 5.26 Å². The van der Waals surface area contributed by atoms with Crippen LogP contribution < -0.4 is 0 Å². The predicted molar refractivity (Wildman–Crippen MR) is 82.1 cm³/mol. The maximum absolute atomic E-state index is 10.7. The summed E-state index contributed by atoms with van der Waals surface area (Å²) in [5, 5.41) is 30.1. The van der Waals surface area contributed by atoms with Crippen LogP contribution in [0.5, 0.6) is 0 Å². The Morgan fingerprint density at radius 1 is 1.36 bits per heavy atom. The number of nitro groups is 1. The number of H-pyrrole nitrogens is 1. The number of benzene rings is 1. The molecule has 108 valence electrons. The monoisotopic (exact) mass is 312 g/mol. The van der Waals surface area contributed by atoms with Crippen LogP contribution in [0.25, 0.3) is 22.4 Å². The first kappa shape index (κ1) is 13.8. The molecule has 3 rings (SSSR count). The number of nitrogens with one attached hydrogen (secondary N) is 1. The lowest BCUT2D eigenvalue weighted by atomic mass is 10.2. The average molecular weight is 312 g/mol. The van der Waals surface area contributed by atoms with Crippen molar-refractivity contribution in [2.24, 2.45) is 0 Å². The Labute approximate surface area is 127 Å². The van der Waals surface area contributed by atoms with Crippen LogP contribution in [-0.4, -0.2) is 20.0 Å². The van der Waals surface area contributed by atoms with Gasteiger partial charge >= 0.3 is 5.00 Å². The number of para-hydroxylation sites is 2. The Morgan fingerprint density at radius 2 is 2.14 bits per heavy atom. The maximum Gasteiger partial charge on any atom is 0.324 e. The topological polar surface area (TPSA) is 116 Å². The van der Waals surface area contributed by atoms with E-state index in [2.05, 4.69) is 9.97 Å². The summed E-state index contributed by atoms with van der Waals surface area (Å²) in [6.45, 7) is 0. The first-order valence-corrected chi connectivity index (χ1v) is 6.95. The number of allylic oxidation sites excluding steroid dienone is 1. The Bertz CT molecular complexity index is 915. The minimum Gasteiger partial charge on any atom is -0.505 e. The lowest BCUT2D eigenvalue weighted by Gasteiger charge is -1.98. The molecule has 0 saturated carbocycles. The van der Waals surface area contributed by atoms with E-state index in [4.69, 9.17) is 0 Å². The molecule has 7 nitrogen and oxygen atoms in total. The molecule has 0 aliphatic rings. The average Bonchev–Trinajstić information content (AvgIpc) is 3.14. The number of hydrogen-bond donors (Lipinski definition) is 2. The largest absolute Gasteiger partial charge is 0.505 e. The van der Waals surface area contributed by atoms with E-state index < -0.39 is 4.92 Å². The molecule has 0 unspecified atom stereocenters. The molecule has 2 aromatic heterocycles. The Morgan fingerprint density at radius 3 is 2.77 bits per heavy atom. The van der Waals surface area contributed by atoms with Gasteiger partial charge in [0.25, 0.3) is 0 Å². The molecule has 0 saturated heterocycles. The van der Waals surface area contributed by atoms with Gasteiger partial charge in [-0.2, -0.15) is 5.26 Å². The highest BCUT2D eigenvalue weighted by atomic mass is 32.1. The van der Waals surface area contributed by atoms with Crippen molar-refractivity contribution < 1.29 is 10.0 Å². The first-order chi connectivity index (χ1) is 10.6. The molecule has 8 heteroatoms. The summed E-state index contributed by atoms with van der Waals surface area (Å²) in [6.07, 6.45) is 0. The Kier molecular flexibility index (Phi) is 3.33. The molecule has 0 spiro atoms. The fraction of sp³-hybridized carbons (Fsp3) is 0. The molecule has 0 aliphatic carbocycles. The highest BCUT2D eigenvalue weighted by Gasteiger charge is 2.18. The van der Waals surface area contributed by atoms with Crippen LogP contribution in [0.4, 0.5) is 5.00 Å². The minimum atomic E-state index is -0.547. The molecule has 0 amide bonds. The second-order valence-corrected chi connectivity index (χ2v) is 5.40. The number of rotatable bonds is 3. The van der Waals surface area contributed by atoms with Crippen molar-refractivity contribution in [1.82, 2.24) is 9.97 Å². The molecule has 3 aromatic rings. The summed E-state index contributed by atoms with van der Waals surface area (Å²) in [5.74, 6) is -0.114. The molecule has 0 atom stereocenters. The number of thiophene rings is 1. The van der Waals surface area contributed by atoms with E-state index in [-0.39, 0.29) is 27.0 Å². The van der Waals surface area contributed by atoms with Crippen LogP contribution in [0.3, 0.4) is 0 Å². The van der Waals surface area contributed by atoms with Gasteiger partial charge in [0.05, 0.1) is 20.8 Å². The molecule has 0 aliphatic heterocycles. The molecule has 2 N–H and O–H groups in total. The number of fused-ring (bicyclic) bond motifs is 1. The highest BCUT2D eigenvalue weighted by Crippen LogP contribution is 2.32. The molecule has 22 heavy (non-hydrogen) atoms. The number of aliphatic hydroxyl groups is 1. The zero-order valence-corrected chi connectivity index (χ0v) is 11.8. The van der Waals surface area contributed by atoms with E-state index >= 15 is 0 Å². The number of aromatic nitrogens is 2. The normalized spacial score (nSPS) is 12.0. The van der Waals surface area contributed by atoms with E-state index in [1.807, 2.05) is 18.2 Å². The molecule has 1 aromatic carbocycles. The van der Waals surface area contributed by atoms with E-state index in [1.165, 1.54) is 12.1 Å². The molecular weight excluding hydrogens is 304 g/mol. The molecule has 0 bridgehead atoms. The summed E-state index contributed by atoms with van der Waals surface area (Å²) in [6, 6.07) is 11.8. The molecular formula is C14H8N4O3S. The van der Waals surface area contributed by atoms with Crippen molar-refractivity contribution in [2.45, 2.75) is 0 Å². The molecule has 0 fully saturated rings. The van der Waals surface area contributed by atoms with Gasteiger partial charge in [-0.05, 0) is 18.2 Å². The van der Waals surface area contributed by atoms with E-state index in [0.717, 1.165) is 16.9 Å². The second kappa shape index (κ2) is 5.31. The van der Waals surface area contributed by atoms with Crippen LogP contribution in [0.15, 0.2) is 36.4 Å². The quantitative estimate of drug-likeness (QED) is 0.332. The van der Waals surface area contributed by atoms with Gasteiger partial charge in [-0.1, -0.05) is 23.5 Å². The van der Waals surface area contributed by atoms with Gasteiger partial charge in [0.15, 0.2) is 11.6 Å². The fourth-order valence-electron chi connectivity index (χ4n) is 1.97. The first-order valence-electron chi connectivity index (χ1n) is 6.13. The number of aromatic amines is 1. The lowest BCUT2D eigenvalue weighted by molar-refractivity contribution is -0.380. The third-order valence-electron chi connectivity index (χ3n) is 2.98. The fourth-order valence-corrected chi connectivity index (χ4v) is 2.74. The van der Waals surface area contributed by atoms with Gasteiger partial charge in [-0.3, -0.25) is 10.1 Å². The van der Waals surface area contributed by atoms with Crippen LogP contribution in [-0.2, 0) is 0 Å². The Hall–Kier alpha value is -3.18. The molecule has 2 heterocycles. The van der Waals surface area contributed by atoms with Gasteiger partial charge in [0.2, 0.25) is 0 Å². The third kappa shape index (κ3) is 2.30. The summed E-state index contributed by atoms with van der Waals surface area (Å²) in [7, 11) is 0. The number of nitrogens with zero attached hydrogens (tertiary/aromatic N) is 3. The van der Waals surface area contributed by atoms with Gasteiger partial charge in [0, 0.05) is 6.07 Å². The van der Waals surface area contributed by atoms with Crippen molar-refractivity contribution in [3.8, 4) is 6.07 Å². The summed E-state index contributed by atoms with van der Waals surface area (Å²) in [4.78, 5) is 17.6. The predicted octanol–water partition coefficient (Wildman–Crippen LogP) is 3.48. The lowest BCUT2D eigenvalue weighted by Crippen LogP contribution is -1.90. The highest BCUT2D eigenvalue weighted by molar-refractivity contribution is 7.16. The van der Waals surface area contributed by atoms with Crippen LogP contribution in [0.1, 0.15) is 10.7 Å². The van der Waals surface area contributed by atoms with Crippen molar-refractivity contribution >= 4 is 38.7 Å². The minimum absolute atomic E-state index is 0.0621. The van der Waals surface area contributed by atoms with Gasteiger partial charge in [-0.25, -0.2) is 4.98 Å². The van der Waals surface area contributed by atoms with Crippen LogP contribution >= 0.6 is 11.3 Å². The van der Waals surface area contributed by atoms with E-state index in [1.54, 1.807) is 12.1 Å². The zero-order chi connectivity index (χ0) is 15.7. The van der Waals surface area contributed by atoms with Gasteiger partial charge in [0.1, 0.15) is 11.6 Å². The standard InChI is InChI=1S/C14H8N4O3S/c15-7-8(13(19)11-5-6-12(22-11)18(20)21)14-16-9-3-1-2-4-10(9)17-14/h1-6,19H,(H,16,17). The van der Waals surface area contributed by atoms with Crippen molar-refractivity contribution in [2.75, 3.05) is 0 Å². The summed E-state index contributed by atoms with van der Waals surface area (Å²) < 4.78 is 0. The smallest absolute Gasteiger partial charge is 0.324 e. The number of hydrogen-bond acceptors (Lipinski definition) is 6. The van der Waals surface area contributed by atoms with E-state index in [9.17, 15) is 20.5 Å².